The molecule has 1 N–H and O–H groups in total. The third-order valence-electron chi connectivity index (χ3n) is 4.87. The van der Waals surface area contributed by atoms with Gasteiger partial charge in [0.15, 0.2) is 0 Å². The zero-order valence-electron chi connectivity index (χ0n) is 15.3. The van der Waals surface area contributed by atoms with Gasteiger partial charge in [-0.05, 0) is 70.2 Å². The number of hydrogen-bond acceptors (Lipinski definition) is 3. The van der Waals surface area contributed by atoms with E-state index in [-0.39, 0.29) is 5.91 Å². The Morgan fingerprint density at radius 2 is 2.04 bits per heavy atom. The number of nitrogens with zero attached hydrogens (tertiary/aromatic N) is 2. The van der Waals surface area contributed by atoms with Crippen molar-refractivity contribution in [3.05, 3.63) is 47.3 Å². The van der Waals surface area contributed by atoms with E-state index in [1.807, 2.05) is 36.7 Å². The lowest BCUT2D eigenvalue weighted by molar-refractivity contribution is -0.140. The molecule has 5 nitrogen and oxygen atoms in total. The molecule has 134 valence electrons. The summed E-state index contributed by atoms with van der Waals surface area (Å²) < 4.78 is 7.82. The molecule has 3 rings (SSSR count). The summed E-state index contributed by atoms with van der Waals surface area (Å²) in [7, 11) is 0. The lowest BCUT2D eigenvalue weighted by Gasteiger charge is -2.27. The van der Waals surface area contributed by atoms with E-state index < -0.39 is 5.60 Å². The van der Waals surface area contributed by atoms with E-state index in [2.05, 4.69) is 29.5 Å². The number of anilines is 1. The smallest absolute Gasteiger partial charge is 0.256 e. The van der Waals surface area contributed by atoms with Crippen LogP contribution in [0.3, 0.4) is 0 Å². The minimum absolute atomic E-state index is 0.0184. The molecule has 1 saturated carbocycles. The Morgan fingerprint density at radius 3 is 2.68 bits per heavy atom. The summed E-state index contributed by atoms with van der Waals surface area (Å²) >= 11 is 0. The van der Waals surface area contributed by atoms with Gasteiger partial charge < -0.3 is 10.1 Å². The fraction of sp³-hybridized carbons (Fsp3) is 0.500. The number of aryl methyl sites for hydroxylation is 2. The van der Waals surface area contributed by atoms with E-state index in [4.69, 9.17) is 4.74 Å². The van der Waals surface area contributed by atoms with Gasteiger partial charge in [-0.1, -0.05) is 12.1 Å². The summed E-state index contributed by atoms with van der Waals surface area (Å²) in [5, 5.41) is 7.57. The first-order valence-electron chi connectivity index (χ1n) is 9.08. The van der Waals surface area contributed by atoms with Crippen molar-refractivity contribution in [3.8, 4) is 0 Å². The first-order valence-corrected chi connectivity index (χ1v) is 9.08. The van der Waals surface area contributed by atoms with E-state index >= 15 is 0 Å². The van der Waals surface area contributed by atoms with E-state index in [1.54, 1.807) is 0 Å². The molecule has 0 aliphatic heterocycles. The molecular formula is C20H27N3O2. The van der Waals surface area contributed by atoms with Crippen molar-refractivity contribution in [1.82, 2.24) is 9.78 Å². The second-order valence-corrected chi connectivity index (χ2v) is 6.87. The molecule has 1 amide bonds. The third-order valence-corrected chi connectivity index (χ3v) is 4.87. The molecule has 0 unspecified atom stereocenters. The third kappa shape index (κ3) is 3.93. The lowest BCUT2D eigenvalue weighted by Crippen LogP contribution is -2.43. The number of carbonyl (C=O) groups is 1. The summed E-state index contributed by atoms with van der Waals surface area (Å²) in [5.74, 6) is -0.0184. The first-order chi connectivity index (χ1) is 12.0. The molecule has 0 bridgehead atoms. The topological polar surface area (TPSA) is 56.1 Å². The van der Waals surface area contributed by atoms with Crippen molar-refractivity contribution < 1.29 is 9.53 Å². The number of hydrogen-bond donors (Lipinski definition) is 1. The average molecular weight is 341 g/mol. The molecule has 0 saturated heterocycles. The van der Waals surface area contributed by atoms with Gasteiger partial charge >= 0.3 is 0 Å². The lowest BCUT2D eigenvalue weighted by atomic mass is 10.0. The zero-order chi connectivity index (χ0) is 17.9. The highest BCUT2D eigenvalue weighted by Gasteiger charge is 2.41. The Labute approximate surface area is 149 Å². The minimum atomic E-state index is -0.652. The number of aromatic nitrogens is 2. The number of rotatable bonds is 6. The summed E-state index contributed by atoms with van der Waals surface area (Å²) in [4.78, 5) is 12.8. The largest absolute Gasteiger partial charge is 0.365 e. The molecule has 1 fully saturated rings. The second-order valence-electron chi connectivity index (χ2n) is 6.87. The van der Waals surface area contributed by atoms with Crippen LogP contribution in [0.1, 0.15) is 49.6 Å². The van der Waals surface area contributed by atoms with Crippen LogP contribution in [0, 0.1) is 13.8 Å². The van der Waals surface area contributed by atoms with Crippen molar-refractivity contribution in [2.45, 2.75) is 58.6 Å². The van der Waals surface area contributed by atoms with Gasteiger partial charge in [-0.25, -0.2) is 0 Å². The van der Waals surface area contributed by atoms with Gasteiger partial charge in [-0.2, -0.15) is 5.10 Å². The molecular weight excluding hydrogens is 314 g/mol. The fourth-order valence-corrected chi connectivity index (χ4v) is 3.66. The second kappa shape index (κ2) is 7.40. The Hall–Kier alpha value is -2.14. The maximum atomic E-state index is 12.8. The Morgan fingerprint density at radius 1 is 1.28 bits per heavy atom. The molecule has 1 aromatic carbocycles. The van der Waals surface area contributed by atoms with Gasteiger partial charge in [0, 0.05) is 18.0 Å². The Bertz CT molecular complexity index is 745. The van der Waals surface area contributed by atoms with E-state index in [0.29, 0.717) is 13.2 Å². The molecule has 0 spiro atoms. The fourth-order valence-electron chi connectivity index (χ4n) is 3.66. The van der Waals surface area contributed by atoms with Gasteiger partial charge in [0.1, 0.15) is 5.60 Å². The molecule has 1 aliphatic rings. The molecule has 1 aliphatic carbocycles. The van der Waals surface area contributed by atoms with Crippen LogP contribution < -0.4 is 5.32 Å². The highest BCUT2D eigenvalue weighted by molar-refractivity contribution is 5.97. The standard InChI is InChI=1S/C20H27N3O2/c1-4-25-20(10-5-6-11-20)19(24)21-18-9-7-8-17(13-18)14-23-16(3)12-15(2)22-23/h7-9,12-13H,4-6,10-11,14H2,1-3H3,(H,21,24). The predicted octanol–water partition coefficient (Wildman–Crippen LogP) is 3.84. The van der Waals surface area contributed by atoms with Crippen LogP contribution in [0.5, 0.6) is 0 Å². The number of benzene rings is 1. The summed E-state index contributed by atoms with van der Waals surface area (Å²) in [5.41, 5.74) is 3.42. The van der Waals surface area contributed by atoms with Gasteiger partial charge in [0.2, 0.25) is 0 Å². The normalized spacial score (nSPS) is 16.1. The minimum Gasteiger partial charge on any atom is -0.365 e. The Kier molecular flexibility index (Phi) is 5.23. The van der Waals surface area contributed by atoms with Crippen molar-refractivity contribution in [3.63, 3.8) is 0 Å². The summed E-state index contributed by atoms with van der Waals surface area (Å²) in [6, 6.07) is 10.0. The Balaban J connectivity index is 1.73. The number of amides is 1. The van der Waals surface area contributed by atoms with Crippen LogP contribution in [0.25, 0.3) is 0 Å². The van der Waals surface area contributed by atoms with Crippen LogP contribution >= 0.6 is 0 Å². The molecule has 0 radical (unpaired) electrons. The molecule has 2 aromatic rings. The average Bonchev–Trinajstić information content (AvgIpc) is 3.16. The van der Waals surface area contributed by atoms with Crippen molar-refractivity contribution in [1.29, 1.82) is 0 Å². The van der Waals surface area contributed by atoms with E-state index in [1.165, 1.54) is 0 Å². The monoisotopic (exact) mass is 341 g/mol. The molecule has 5 heteroatoms. The van der Waals surface area contributed by atoms with Crippen LogP contribution in [0.4, 0.5) is 5.69 Å². The van der Waals surface area contributed by atoms with Gasteiger partial charge in [0.25, 0.3) is 5.91 Å². The molecule has 25 heavy (non-hydrogen) atoms. The maximum Gasteiger partial charge on any atom is 0.256 e. The van der Waals surface area contributed by atoms with Crippen molar-refractivity contribution in [2.24, 2.45) is 0 Å². The van der Waals surface area contributed by atoms with Gasteiger partial charge in [-0.15, -0.1) is 0 Å². The van der Waals surface area contributed by atoms with Gasteiger partial charge in [0.05, 0.1) is 12.2 Å². The number of ether oxygens (including phenoxy) is 1. The van der Waals surface area contributed by atoms with Crippen molar-refractivity contribution in [2.75, 3.05) is 11.9 Å². The van der Waals surface area contributed by atoms with Crippen LogP contribution in [-0.4, -0.2) is 27.9 Å². The molecule has 1 heterocycles. The predicted molar refractivity (Wildman–Crippen MR) is 98.7 cm³/mol. The summed E-state index contributed by atoms with van der Waals surface area (Å²) in [6.07, 6.45) is 3.70. The highest BCUT2D eigenvalue weighted by atomic mass is 16.5. The van der Waals surface area contributed by atoms with Crippen LogP contribution in [0.2, 0.25) is 0 Å². The van der Waals surface area contributed by atoms with Crippen LogP contribution in [0.15, 0.2) is 30.3 Å². The SMILES string of the molecule is CCOC1(C(=O)Nc2cccc(Cn3nc(C)cc3C)c2)CCCC1. The quantitative estimate of drug-likeness (QED) is 0.868. The van der Waals surface area contributed by atoms with Gasteiger partial charge in [-0.3, -0.25) is 9.48 Å². The summed E-state index contributed by atoms with van der Waals surface area (Å²) in [6.45, 7) is 7.25. The maximum absolute atomic E-state index is 12.8. The number of nitrogens with one attached hydrogen (secondary N) is 1. The molecule has 0 atom stereocenters. The van der Waals surface area contributed by atoms with Crippen LogP contribution in [-0.2, 0) is 16.1 Å². The first kappa shape index (κ1) is 17.7. The number of carbonyl (C=O) groups excluding carboxylic acids is 1. The van der Waals surface area contributed by atoms with Crippen molar-refractivity contribution >= 4 is 11.6 Å². The van der Waals surface area contributed by atoms with E-state index in [9.17, 15) is 4.79 Å². The van der Waals surface area contributed by atoms with E-state index in [0.717, 1.165) is 48.3 Å². The zero-order valence-corrected chi connectivity index (χ0v) is 15.3. The highest BCUT2D eigenvalue weighted by Crippen LogP contribution is 2.34. The molecule has 1 aromatic heterocycles.